The van der Waals surface area contributed by atoms with Crippen LogP contribution in [-0.2, 0) is 16.2 Å². The van der Waals surface area contributed by atoms with Gasteiger partial charge in [0.1, 0.15) is 13.2 Å². The van der Waals surface area contributed by atoms with Gasteiger partial charge >= 0.3 is 0 Å². The highest BCUT2D eigenvalue weighted by atomic mass is 79.9. The minimum atomic E-state index is -0.768. The van der Waals surface area contributed by atoms with Gasteiger partial charge < -0.3 is 15.2 Å². The molecule has 7 nitrogen and oxygen atoms in total. The van der Waals surface area contributed by atoms with Gasteiger partial charge in [0.2, 0.25) is 5.91 Å². The summed E-state index contributed by atoms with van der Waals surface area (Å²) in [6.07, 6.45) is 1.50. The summed E-state index contributed by atoms with van der Waals surface area (Å²) in [5, 5.41) is -0.272. The summed E-state index contributed by atoms with van der Waals surface area (Å²) in [6, 6.07) is 10.9. The lowest BCUT2D eigenvalue weighted by Gasteiger charge is -2.14. The summed E-state index contributed by atoms with van der Waals surface area (Å²) in [5.41, 5.74) is 6.57. The number of carbonyl (C=O) groups is 3. The molecule has 3 rings (SSSR count). The molecule has 0 saturated carbocycles. The number of nitrogens with zero attached hydrogens (tertiary/aromatic N) is 1. The van der Waals surface area contributed by atoms with Gasteiger partial charge in [0, 0.05) is 4.47 Å². The number of hydrogen-bond acceptors (Lipinski definition) is 6. The molecule has 1 heterocycles. The normalized spacial score (nSPS) is 15.0. The van der Waals surface area contributed by atoms with Crippen molar-refractivity contribution in [1.29, 1.82) is 0 Å². The van der Waals surface area contributed by atoms with Crippen molar-refractivity contribution in [2.45, 2.75) is 6.61 Å². The summed E-state index contributed by atoms with van der Waals surface area (Å²) in [6.45, 7) is -0.177. The maximum Gasteiger partial charge on any atom is 0.294 e. The van der Waals surface area contributed by atoms with Gasteiger partial charge in [0.05, 0.1) is 17.0 Å². The molecule has 3 amide bonds. The minimum Gasteiger partial charge on any atom is -0.493 e. The number of primary amides is 1. The molecule has 0 bridgehead atoms. The Kier molecular flexibility index (Phi) is 7.06. The summed E-state index contributed by atoms with van der Waals surface area (Å²) in [5.74, 6) is -0.617. The van der Waals surface area contributed by atoms with Gasteiger partial charge in [-0.2, -0.15) is 0 Å². The standard InChI is InChI=1S/C20H16BrClN2O5S/c1-28-15-7-12(8-16-19(26)24(9-17(23)25)20(27)30-16)6-14(22)18(15)29-10-11-2-4-13(21)5-3-11/h2-8H,9-10H2,1H3,(H2,23,25)/b16-8-. The van der Waals surface area contributed by atoms with E-state index in [0.29, 0.717) is 17.1 Å². The van der Waals surface area contributed by atoms with Crippen LogP contribution >= 0.6 is 39.3 Å². The zero-order chi connectivity index (χ0) is 21.8. The predicted molar refractivity (Wildman–Crippen MR) is 118 cm³/mol. The van der Waals surface area contributed by atoms with Gasteiger partial charge in [0.15, 0.2) is 11.5 Å². The first-order valence-corrected chi connectivity index (χ1v) is 10.6. The molecular weight excluding hydrogens is 496 g/mol. The van der Waals surface area contributed by atoms with E-state index in [9.17, 15) is 14.4 Å². The summed E-state index contributed by atoms with van der Waals surface area (Å²) < 4.78 is 12.2. The molecule has 2 N–H and O–H groups in total. The fourth-order valence-corrected chi connectivity index (χ4v) is 4.02. The first-order chi connectivity index (χ1) is 14.3. The summed E-state index contributed by atoms with van der Waals surface area (Å²) >= 11 is 10.5. The second-order valence-electron chi connectivity index (χ2n) is 6.18. The van der Waals surface area contributed by atoms with E-state index >= 15 is 0 Å². The van der Waals surface area contributed by atoms with Crippen molar-refractivity contribution in [2.24, 2.45) is 5.73 Å². The van der Waals surface area contributed by atoms with Crippen LogP contribution < -0.4 is 15.2 Å². The predicted octanol–water partition coefficient (Wildman–Crippen LogP) is 4.21. The number of hydrogen-bond donors (Lipinski definition) is 1. The molecule has 2 aromatic rings. The third-order valence-electron chi connectivity index (χ3n) is 4.03. The largest absolute Gasteiger partial charge is 0.493 e. The average Bonchev–Trinajstić information content (AvgIpc) is 2.95. The van der Waals surface area contributed by atoms with Crippen molar-refractivity contribution in [3.05, 3.63) is 61.9 Å². The number of benzene rings is 2. The van der Waals surface area contributed by atoms with Crippen LogP contribution in [0.4, 0.5) is 4.79 Å². The van der Waals surface area contributed by atoms with E-state index in [1.807, 2.05) is 24.3 Å². The maximum absolute atomic E-state index is 12.4. The van der Waals surface area contributed by atoms with Crippen molar-refractivity contribution >= 4 is 62.4 Å². The van der Waals surface area contributed by atoms with Crippen molar-refractivity contribution in [2.75, 3.05) is 13.7 Å². The fourth-order valence-electron chi connectivity index (χ4n) is 2.64. The molecule has 0 atom stereocenters. The number of amides is 3. The van der Waals surface area contributed by atoms with Gasteiger partial charge in [0.25, 0.3) is 11.1 Å². The van der Waals surface area contributed by atoms with Crippen LogP contribution in [0.25, 0.3) is 6.08 Å². The molecule has 2 aromatic carbocycles. The molecular formula is C20H16BrClN2O5S. The molecule has 1 fully saturated rings. The number of nitrogens with two attached hydrogens (primary N) is 1. The van der Waals surface area contributed by atoms with E-state index in [4.69, 9.17) is 26.8 Å². The van der Waals surface area contributed by atoms with Crippen LogP contribution in [0, 0.1) is 0 Å². The third kappa shape index (κ3) is 5.16. The second kappa shape index (κ2) is 9.55. The van der Waals surface area contributed by atoms with Crippen LogP contribution in [-0.4, -0.2) is 35.6 Å². The molecule has 10 heteroatoms. The molecule has 1 aliphatic heterocycles. The molecule has 0 aromatic heterocycles. The number of thioether (sulfide) groups is 1. The van der Waals surface area contributed by atoms with Gasteiger partial charge in [-0.05, 0) is 53.2 Å². The van der Waals surface area contributed by atoms with E-state index < -0.39 is 23.6 Å². The minimum absolute atomic E-state index is 0.155. The van der Waals surface area contributed by atoms with Crippen molar-refractivity contribution in [1.82, 2.24) is 4.90 Å². The summed E-state index contributed by atoms with van der Waals surface area (Å²) in [7, 11) is 1.47. The van der Waals surface area contributed by atoms with Gasteiger partial charge in [-0.25, -0.2) is 0 Å². The number of imide groups is 1. The molecule has 1 aliphatic rings. The Morgan fingerprint density at radius 3 is 2.60 bits per heavy atom. The van der Waals surface area contributed by atoms with E-state index in [1.165, 1.54) is 13.2 Å². The first-order valence-electron chi connectivity index (χ1n) is 8.57. The average molecular weight is 512 g/mol. The van der Waals surface area contributed by atoms with Crippen molar-refractivity contribution in [3.63, 3.8) is 0 Å². The number of halogens is 2. The number of rotatable bonds is 7. The highest BCUT2D eigenvalue weighted by Gasteiger charge is 2.35. The Morgan fingerprint density at radius 2 is 1.97 bits per heavy atom. The van der Waals surface area contributed by atoms with Crippen molar-refractivity contribution in [3.8, 4) is 11.5 Å². The second-order valence-corrected chi connectivity index (χ2v) is 8.50. The van der Waals surface area contributed by atoms with Gasteiger partial charge in [-0.3, -0.25) is 19.3 Å². The Bertz CT molecular complexity index is 1040. The van der Waals surface area contributed by atoms with Crippen LogP contribution in [0.1, 0.15) is 11.1 Å². The smallest absolute Gasteiger partial charge is 0.294 e. The molecule has 0 aliphatic carbocycles. The Hall–Kier alpha value is -2.49. The maximum atomic E-state index is 12.4. The highest BCUT2D eigenvalue weighted by Crippen LogP contribution is 2.39. The first kappa shape index (κ1) is 22.2. The topological polar surface area (TPSA) is 98.9 Å². The Balaban J connectivity index is 1.82. The lowest BCUT2D eigenvalue weighted by molar-refractivity contribution is -0.127. The number of carbonyl (C=O) groups excluding carboxylic acids is 3. The SMILES string of the molecule is COc1cc(/C=C2\SC(=O)N(CC(N)=O)C2=O)cc(Cl)c1OCc1ccc(Br)cc1. The fraction of sp³-hybridized carbons (Fsp3) is 0.150. The van der Waals surface area contributed by atoms with E-state index in [0.717, 1.165) is 26.7 Å². The number of ether oxygens (including phenoxy) is 2. The Labute approximate surface area is 190 Å². The number of methoxy groups -OCH3 is 1. The lowest BCUT2D eigenvalue weighted by atomic mass is 10.1. The van der Waals surface area contributed by atoms with Gasteiger partial charge in [-0.15, -0.1) is 0 Å². The summed E-state index contributed by atoms with van der Waals surface area (Å²) in [4.78, 5) is 36.3. The highest BCUT2D eigenvalue weighted by molar-refractivity contribution is 9.10. The quantitative estimate of drug-likeness (QED) is 0.559. The lowest BCUT2D eigenvalue weighted by Crippen LogP contribution is -2.36. The van der Waals surface area contributed by atoms with Crippen LogP contribution in [0.3, 0.4) is 0 Å². The van der Waals surface area contributed by atoms with E-state index in [1.54, 1.807) is 12.1 Å². The molecule has 156 valence electrons. The third-order valence-corrected chi connectivity index (χ3v) is 5.75. The molecule has 30 heavy (non-hydrogen) atoms. The van der Waals surface area contributed by atoms with Crippen LogP contribution in [0.5, 0.6) is 11.5 Å². The Morgan fingerprint density at radius 1 is 1.27 bits per heavy atom. The zero-order valence-corrected chi connectivity index (χ0v) is 18.8. The van der Waals surface area contributed by atoms with Crippen LogP contribution in [0.2, 0.25) is 5.02 Å². The zero-order valence-electron chi connectivity index (χ0n) is 15.7. The monoisotopic (exact) mass is 510 g/mol. The van der Waals surface area contributed by atoms with Crippen LogP contribution in [0.15, 0.2) is 45.8 Å². The van der Waals surface area contributed by atoms with Crippen molar-refractivity contribution < 1.29 is 23.9 Å². The van der Waals surface area contributed by atoms with E-state index in [2.05, 4.69) is 15.9 Å². The molecule has 0 radical (unpaired) electrons. The van der Waals surface area contributed by atoms with E-state index in [-0.39, 0.29) is 16.5 Å². The molecule has 0 unspecified atom stereocenters. The van der Waals surface area contributed by atoms with Gasteiger partial charge in [-0.1, -0.05) is 39.7 Å². The molecule has 0 spiro atoms. The molecule has 1 saturated heterocycles.